The van der Waals surface area contributed by atoms with Crippen LogP contribution in [0.2, 0.25) is 5.02 Å². The van der Waals surface area contributed by atoms with Crippen molar-refractivity contribution in [1.29, 1.82) is 0 Å². The number of nitrogen functional groups attached to an aromatic ring is 2. The van der Waals surface area contributed by atoms with Crippen LogP contribution in [0.1, 0.15) is 18.1 Å². The molecule has 5 nitrogen and oxygen atoms in total. The van der Waals surface area contributed by atoms with Crippen molar-refractivity contribution in [3.63, 3.8) is 0 Å². The number of hydrogen-bond acceptors (Lipinski definition) is 4. The van der Waals surface area contributed by atoms with Gasteiger partial charge in [-0.2, -0.15) is 13.2 Å². The first-order valence-corrected chi connectivity index (χ1v) is 7.97. The van der Waals surface area contributed by atoms with Crippen molar-refractivity contribution in [1.82, 2.24) is 0 Å². The Morgan fingerprint density at radius 1 is 1.23 bits per heavy atom. The normalized spacial score (nSPS) is 11.3. The van der Waals surface area contributed by atoms with Gasteiger partial charge in [0.2, 0.25) is 0 Å². The fourth-order valence-corrected chi connectivity index (χ4v) is 2.54. The summed E-state index contributed by atoms with van der Waals surface area (Å²) in [6.45, 7) is 1.34. The molecule has 0 fully saturated rings. The molecule has 0 aromatic heterocycles. The van der Waals surface area contributed by atoms with Crippen LogP contribution in [-0.2, 0) is 17.5 Å². The molecule has 0 saturated carbocycles. The molecule has 0 spiro atoms. The molecule has 9 heteroatoms. The van der Waals surface area contributed by atoms with E-state index >= 15 is 0 Å². The maximum atomic E-state index is 13.6. The van der Waals surface area contributed by atoms with Gasteiger partial charge in [-0.05, 0) is 18.6 Å². The van der Waals surface area contributed by atoms with Gasteiger partial charge >= 0.3 is 12.3 Å². The first kappa shape index (κ1) is 19.7. The van der Waals surface area contributed by atoms with Crippen LogP contribution in [0.15, 0.2) is 36.4 Å². The molecular formula is C17H17ClF3N3O2. The smallest absolute Gasteiger partial charge is 0.418 e. The lowest BCUT2D eigenvalue weighted by Crippen LogP contribution is -2.33. The molecule has 0 aliphatic heterocycles. The van der Waals surface area contributed by atoms with Gasteiger partial charge in [0.25, 0.3) is 0 Å². The standard InChI is InChI=1S/C17H17ClF3N3O2/c1-2-26-16(25)24(9-10-6-4-3-5-7-10)15-11(17(19,20)21)8-12(22)13(18)14(15)23/h3-8H,2,9,22-23H2,1H3. The summed E-state index contributed by atoms with van der Waals surface area (Å²) in [5.74, 6) is 0. The fourth-order valence-electron chi connectivity index (χ4n) is 2.40. The molecule has 2 aromatic carbocycles. The van der Waals surface area contributed by atoms with E-state index in [0.717, 1.165) is 4.90 Å². The van der Waals surface area contributed by atoms with Gasteiger partial charge in [-0.3, -0.25) is 4.90 Å². The average Bonchev–Trinajstić information content (AvgIpc) is 2.58. The van der Waals surface area contributed by atoms with Crippen LogP contribution >= 0.6 is 11.6 Å². The van der Waals surface area contributed by atoms with Gasteiger partial charge in [0, 0.05) is 0 Å². The zero-order valence-corrected chi connectivity index (χ0v) is 14.6. The zero-order chi connectivity index (χ0) is 19.5. The van der Waals surface area contributed by atoms with Crippen molar-refractivity contribution in [2.75, 3.05) is 23.0 Å². The third-order valence-electron chi connectivity index (χ3n) is 3.55. The van der Waals surface area contributed by atoms with E-state index in [2.05, 4.69) is 0 Å². The number of nitrogens with two attached hydrogens (primary N) is 2. The van der Waals surface area contributed by atoms with Gasteiger partial charge < -0.3 is 16.2 Å². The summed E-state index contributed by atoms with van der Waals surface area (Å²) in [5.41, 5.74) is 9.40. The summed E-state index contributed by atoms with van der Waals surface area (Å²) in [6, 6.07) is 9.12. The van der Waals surface area contributed by atoms with E-state index in [9.17, 15) is 18.0 Å². The summed E-state index contributed by atoms with van der Waals surface area (Å²) in [5, 5.41) is -0.254. The molecule has 4 N–H and O–H groups in total. The molecule has 0 radical (unpaired) electrons. The van der Waals surface area contributed by atoms with Gasteiger partial charge in [-0.1, -0.05) is 41.9 Å². The molecule has 0 aliphatic carbocycles. The first-order chi connectivity index (χ1) is 12.2. The highest BCUT2D eigenvalue weighted by Gasteiger charge is 2.39. The summed E-state index contributed by atoms with van der Waals surface area (Å²) in [6.07, 6.45) is -5.78. The van der Waals surface area contributed by atoms with Gasteiger partial charge in [-0.25, -0.2) is 4.79 Å². The molecular weight excluding hydrogens is 371 g/mol. The number of benzene rings is 2. The first-order valence-electron chi connectivity index (χ1n) is 7.59. The Balaban J connectivity index is 2.67. The van der Waals surface area contributed by atoms with Crippen molar-refractivity contribution in [2.24, 2.45) is 0 Å². The van der Waals surface area contributed by atoms with E-state index in [1.54, 1.807) is 37.3 Å². The van der Waals surface area contributed by atoms with Crippen LogP contribution in [0.3, 0.4) is 0 Å². The molecule has 140 valence electrons. The van der Waals surface area contributed by atoms with E-state index in [4.69, 9.17) is 27.8 Å². The number of nitrogens with zero attached hydrogens (tertiary/aromatic N) is 1. The second kappa shape index (κ2) is 7.74. The van der Waals surface area contributed by atoms with Gasteiger partial charge in [-0.15, -0.1) is 0 Å². The van der Waals surface area contributed by atoms with Crippen molar-refractivity contribution < 1.29 is 22.7 Å². The van der Waals surface area contributed by atoms with Gasteiger partial charge in [0.05, 0.1) is 40.8 Å². The average molecular weight is 388 g/mol. The zero-order valence-electron chi connectivity index (χ0n) is 13.8. The second-order valence-electron chi connectivity index (χ2n) is 5.36. The molecule has 0 unspecified atom stereocenters. The Hall–Kier alpha value is -2.61. The minimum Gasteiger partial charge on any atom is -0.449 e. The van der Waals surface area contributed by atoms with Gasteiger partial charge in [0.1, 0.15) is 0 Å². The number of carbonyl (C=O) groups excluding carboxylic acids is 1. The van der Waals surface area contributed by atoms with E-state index < -0.39 is 29.2 Å². The fraction of sp³-hybridized carbons (Fsp3) is 0.235. The van der Waals surface area contributed by atoms with Gasteiger partial charge in [0.15, 0.2) is 0 Å². The molecule has 0 saturated heterocycles. The van der Waals surface area contributed by atoms with Crippen LogP contribution in [0.25, 0.3) is 0 Å². The monoisotopic (exact) mass is 387 g/mol. The summed E-state index contributed by atoms with van der Waals surface area (Å²) >= 11 is 5.94. The lowest BCUT2D eigenvalue weighted by atomic mass is 10.1. The SMILES string of the molecule is CCOC(=O)N(Cc1ccccc1)c1c(C(F)(F)F)cc(N)c(Cl)c1N. The molecule has 1 amide bonds. The number of hydrogen-bond donors (Lipinski definition) is 2. The maximum absolute atomic E-state index is 13.6. The quantitative estimate of drug-likeness (QED) is 0.746. The lowest BCUT2D eigenvalue weighted by molar-refractivity contribution is -0.137. The molecule has 0 heterocycles. The number of halogens is 4. The highest BCUT2D eigenvalue weighted by molar-refractivity contribution is 6.36. The molecule has 2 aromatic rings. The van der Waals surface area contributed by atoms with E-state index in [1.165, 1.54) is 0 Å². The van der Waals surface area contributed by atoms with Crippen LogP contribution in [-0.4, -0.2) is 12.7 Å². The van der Waals surface area contributed by atoms with Crippen molar-refractivity contribution >= 4 is 34.8 Å². The molecule has 0 aliphatic rings. The third kappa shape index (κ3) is 4.13. The lowest BCUT2D eigenvalue weighted by Gasteiger charge is -2.27. The molecule has 2 rings (SSSR count). The van der Waals surface area contributed by atoms with Crippen LogP contribution in [0.5, 0.6) is 0 Å². The molecule has 26 heavy (non-hydrogen) atoms. The van der Waals surface area contributed by atoms with Crippen LogP contribution in [0, 0.1) is 0 Å². The van der Waals surface area contributed by atoms with Crippen molar-refractivity contribution in [3.8, 4) is 0 Å². The van der Waals surface area contributed by atoms with Crippen molar-refractivity contribution in [2.45, 2.75) is 19.6 Å². The highest BCUT2D eigenvalue weighted by atomic mass is 35.5. The Kier molecular flexibility index (Phi) is 5.86. The largest absolute Gasteiger partial charge is 0.449 e. The number of carbonyl (C=O) groups is 1. The Labute approximate surface area is 153 Å². The molecule has 0 atom stereocenters. The predicted molar refractivity (Wildman–Crippen MR) is 94.9 cm³/mol. The minimum absolute atomic E-state index is 0.0198. The number of alkyl halides is 3. The van der Waals surface area contributed by atoms with Crippen LogP contribution in [0.4, 0.5) is 35.0 Å². The highest BCUT2D eigenvalue weighted by Crippen LogP contribution is 2.46. The number of amides is 1. The predicted octanol–water partition coefficient (Wildman–Crippen LogP) is 4.69. The van der Waals surface area contributed by atoms with Crippen LogP contribution < -0.4 is 16.4 Å². The number of rotatable bonds is 4. The number of ether oxygens (including phenoxy) is 1. The summed E-state index contributed by atoms with van der Waals surface area (Å²) < 4.78 is 45.6. The van der Waals surface area contributed by atoms with E-state index in [-0.39, 0.29) is 23.9 Å². The third-order valence-corrected chi connectivity index (χ3v) is 3.97. The summed E-state index contributed by atoms with van der Waals surface area (Å²) in [7, 11) is 0. The topological polar surface area (TPSA) is 81.6 Å². The molecule has 0 bridgehead atoms. The van der Waals surface area contributed by atoms with E-state index in [1.807, 2.05) is 0 Å². The minimum atomic E-state index is -4.80. The Morgan fingerprint density at radius 2 is 1.85 bits per heavy atom. The Morgan fingerprint density at radius 3 is 2.38 bits per heavy atom. The van der Waals surface area contributed by atoms with E-state index in [0.29, 0.717) is 11.6 Å². The Bertz CT molecular complexity index is 798. The summed E-state index contributed by atoms with van der Waals surface area (Å²) in [4.78, 5) is 13.2. The number of anilines is 3. The maximum Gasteiger partial charge on any atom is 0.418 e. The van der Waals surface area contributed by atoms with Crippen molar-refractivity contribution in [3.05, 3.63) is 52.5 Å². The second-order valence-corrected chi connectivity index (χ2v) is 5.74.